The minimum atomic E-state index is -0.815. The highest BCUT2D eigenvalue weighted by molar-refractivity contribution is 5.92. The van der Waals surface area contributed by atoms with E-state index in [-0.39, 0.29) is 29.5 Å². The quantitative estimate of drug-likeness (QED) is 0.702. The number of benzene rings is 1. The van der Waals surface area contributed by atoms with Crippen LogP contribution in [-0.4, -0.2) is 22.5 Å². The number of hydrogen-bond donors (Lipinski definition) is 3. The number of rotatable bonds is 3. The van der Waals surface area contributed by atoms with Crippen molar-refractivity contribution < 1.29 is 14.3 Å². The van der Waals surface area contributed by atoms with Crippen LogP contribution >= 0.6 is 0 Å². The number of carbonyl (C=O) groups is 1. The van der Waals surface area contributed by atoms with Crippen LogP contribution in [0.15, 0.2) is 45.3 Å². The smallest absolute Gasteiger partial charge is 0.340 e. The summed E-state index contributed by atoms with van der Waals surface area (Å²) in [6.07, 6.45) is 0. The van der Waals surface area contributed by atoms with E-state index in [1.54, 1.807) is 19.1 Å². The summed E-state index contributed by atoms with van der Waals surface area (Å²) in [6.45, 7) is 3.66. The van der Waals surface area contributed by atoms with E-state index in [2.05, 4.69) is 9.97 Å². The van der Waals surface area contributed by atoms with E-state index in [1.165, 1.54) is 0 Å². The first-order chi connectivity index (χ1) is 11.9. The van der Waals surface area contributed by atoms with Gasteiger partial charge in [-0.3, -0.25) is 14.8 Å². The highest BCUT2D eigenvalue weighted by Gasteiger charge is 2.38. The van der Waals surface area contributed by atoms with Crippen molar-refractivity contribution in [3.05, 3.63) is 73.3 Å². The summed E-state index contributed by atoms with van der Waals surface area (Å²) in [5.41, 5.74) is 6.22. The van der Waals surface area contributed by atoms with Gasteiger partial charge in [-0.25, -0.2) is 9.59 Å². The van der Waals surface area contributed by atoms with Gasteiger partial charge >= 0.3 is 11.7 Å². The highest BCUT2D eigenvalue weighted by atomic mass is 16.5. The van der Waals surface area contributed by atoms with Crippen LogP contribution in [0, 0.1) is 6.92 Å². The van der Waals surface area contributed by atoms with Crippen LogP contribution in [0.2, 0.25) is 0 Å². The number of aromatic nitrogens is 2. The topological polar surface area (TPSA) is 127 Å². The predicted octanol–water partition coefficient (Wildman–Crippen LogP) is 0.629. The Hall–Kier alpha value is -3.29. The molecule has 0 unspecified atom stereocenters. The Balaban J connectivity index is 2.32. The zero-order valence-electron chi connectivity index (χ0n) is 13.7. The molecule has 3 rings (SSSR count). The maximum atomic E-state index is 12.5. The number of nitrogens with two attached hydrogens (primary N) is 1. The number of hydrogen-bond acceptors (Lipinski definition) is 6. The molecule has 0 fully saturated rings. The number of ether oxygens (including phenoxy) is 2. The fourth-order valence-electron chi connectivity index (χ4n) is 2.92. The van der Waals surface area contributed by atoms with Crippen LogP contribution in [0.5, 0.6) is 5.88 Å². The second-order valence-electron chi connectivity index (χ2n) is 5.54. The third-order valence-electron chi connectivity index (χ3n) is 3.99. The van der Waals surface area contributed by atoms with Crippen molar-refractivity contribution in [1.29, 1.82) is 0 Å². The fourth-order valence-corrected chi connectivity index (χ4v) is 2.92. The minimum Gasteiger partial charge on any atom is -0.462 e. The van der Waals surface area contributed by atoms with Gasteiger partial charge in [-0.15, -0.1) is 0 Å². The molecule has 0 bridgehead atoms. The maximum absolute atomic E-state index is 12.5. The zero-order valence-corrected chi connectivity index (χ0v) is 13.7. The van der Waals surface area contributed by atoms with Crippen LogP contribution in [0.4, 0.5) is 0 Å². The summed E-state index contributed by atoms with van der Waals surface area (Å²) >= 11 is 0. The van der Waals surface area contributed by atoms with E-state index >= 15 is 0 Å². The molecule has 1 aliphatic rings. The lowest BCUT2D eigenvalue weighted by Crippen LogP contribution is -2.36. The van der Waals surface area contributed by atoms with Crippen molar-refractivity contribution >= 4 is 5.97 Å². The van der Waals surface area contributed by atoms with Crippen molar-refractivity contribution in [3.63, 3.8) is 0 Å². The molecule has 1 atom stereocenters. The van der Waals surface area contributed by atoms with Gasteiger partial charge in [-0.1, -0.05) is 24.3 Å². The second kappa shape index (κ2) is 6.31. The molecule has 2 heterocycles. The van der Waals surface area contributed by atoms with Gasteiger partial charge < -0.3 is 15.2 Å². The molecule has 4 N–H and O–H groups in total. The number of fused-ring (bicyclic) bond motifs is 1. The molecule has 2 aromatic rings. The first-order valence-corrected chi connectivity index (χ1v) is 7.70. The molecule has 0 aliphatic carbocycles. The first-order valence-electron chi connectivity index (χ1n) is 7.70. The van der Waals surface area contributed by atoms with E-state index in [0.717, 1.165) is 5.56 Å². The van der Waals surface area contributed by atoms with Crippen LogP contribution in [0.1, 0.15) is 29.5 Å². The second-order valence-corrected chi connectivity index (χ2v) is 5.54. The molecular formula is C17H17N3O5. The third kappa shape index (κ3) is 2.82. The molecule has 0 amide bonds. The molecule has 1 aromatic heterocycles. The lowest BCUT2D eigenvalue weighted by Gasteiger charge is -2.27. The standard InChI is InChI=1S/C17H17N3O5/c1-3-24-16(22)11-10(9-7-5-4-6-8(9)2)12-14(21)19-17(23)20-15(12)25-13(11)18/h4-7,10H,3,18H2,1-2H3,(H2,19,20,21,23)/t10-/m1/s1. The lowest BCUT2D eigenvalue weighted by atomic mass is 9.82. The van der Waals surface area contributed by atoms with Crippen molar-refractivity contribution in [2.75, 3.05) is 6.61 Å². The Morgan fingerprint density at radius 2 is 2.00 bits per heavy atom. The van der Waals surface area contributed by atoms with Crippen LogP contribution in [-0.2, 0) is 9.53 Å². The zero-order chi connectivity index (χ0) is 18.1. The van der Waals surface area contributed by atoms with Gasteiger partial charge in [0.05, 0.1) is 18.1 Å². The first kappa shape index (κ1) is 16.6. The summed E-state index contributed by atoms with van der Waals surface area (Å²) in [7, 11) is 0. The molecular weight excluding hydrogens is 326 g/mol. The number of esters is 1. The van der Waals surface area contributed by atoms with Crippen molar-refractivity contribution in [2.45, 2.75) is 19.8 Å². The van der Waals surface area contributed by atoms with E-state index in [0.29, 0.717) is 5.56 Å². The summed E-state index contributed by atoms with van der Waals surface area (Å²) in [4.78, 5) is 41.0. The van der Waals surface area contributed by atoms with Crippen molar-refractivity contribution in [3.8, 4) is 5.88 Å². The number of aryl methyl sites for hydroxylation is 1. The van der Waals surface area contributed by atoms with E-state index in [1.807, 2.05) is 19.1 Å². The Morgan fingerprint density at radius 3 is 2.68 bits per heavy atom. The Labute approximate surface area is 142 Å². The SMILES string of the molecule is CCOC(=O)C1=C(N)Oc2[nH]c(=O)[nH]c(=O)c2[C@@H]1c1ccccc1C. The Kier molecular flexibility index (Phi) is 4.18. The van der Waals surface area contributed by atoms with Gasteiger partial charge in [0.15, 0.2) is 0 Å². The van der Waals surface area contributed by atoms with Crippen molar-refractivity contribution in [1.82, 2.24) is 9.97 Å². The van der Waals surface area contributed by atoms with Gasteiger partial charge in [-0.05, 0) is 25.0 Å². The van der Waals surface area contributed by atoms with Crippen LogP contribution < -0.4 is 21.7 Å². The van der Waals surface area contributed by atoms with Crippen molar-refractivity contribution in [2.24, 2.45) is 5.73 Å². The third-order valence-corrected chi connectivity index (χ3v) is 3.99. The van der Waals surface area contributed by atoms with Gasteiger partial charge in [0, 0.05) is 0 Å². The summed E-state index contributed by atoms with van der Waals surface area (Å²) in [6, 6.07) is 7.26. The average Bonchev–Trinajstić information content (AvgIpc) is 2.53. The molecule has 130 valence electrons. The van der Waals surface area contributed by atoms with Crippen LogP contribution in [0.3, 0.4) is 0 Å². The minimum absolute atomic E-state index is 0.0289. The summed E-state index contributed by atoms with van der Waals surface area (Å²) in [5.74, 6) is -1.78. The summed E-state index contributed by atoms with van der Waals surface area (Å²) in [5, 5.41) is 0. The molecule has 1 aliphatic heterocycles. The average molecular weight is 343 g/mol. The van der Waals surface area contributed by atoms with Gasteiger partial charge in [-0.2, -0.15) is 0 Å². The number of nitrogens with one attached hydrogen (secondary N) is 2. The predicted molar refractivity (Wildman–Crippen MR) is 89.2 cm³/mol. The summed E-state index contributed by atoms with van der Waals surface area (Å²) < 4.78 is 10.4. The van der Waals surface area contributed by atoms with Gasteiger partial charge in [0.25, 0.3) is 5.56 Å². The Morgan fingerprint density at radius 1 is 1.28 bits per heavy atom. The van der Waals surface area contributed by atoms with E-state index in [9.17, 15) is 14.4 Å². The number of H-pyrrole nitrogens is 2. The van der Waals surface area contributed by atoms with E-state index < -0.39 is 23.1 Å². The molecule has 0 saturated heterocycles. The highest BCUT2D eigenvalue weighted by Crippen LogP contribution is 2.40. The molecule has 8 nitrogen and oxygen atoms in total. The molecule has 25 heavy (non-hydrogen) atoms. The van der Waals surface area contributed by atoms with Gasteiger partial charge in [0.2, 0.25) is 11.8 Å². The molecule has 0 radical (unpaired) electrons. The fraction of sp³-hybridized carbons (Fsp3) is 0.235. The molecule has 0 spiro atoms. The number of aromatic amines is 2. The number of carbonyl (C=O) groups excluding carboxylic acids is 1. The Bertz CT molecular complexity index is 986. The lowest BCUT2D eigenvalue weighted by molar-refractivity contribution is -0.139. The van der Waals surface area contributed by atoms with E-state index in [4.69, 9.17) is 15.2 Å². The van der Waals surface area contributed by atoms with Crippen LogP contribution in [0.25, 0.3) is 0 Å². The van der Waals surface area contributed by atoms with Gasteiger partial charge in [0.1, 0.15) is 5.57 Å². The molecule has 1 aromatic carbocycles. The largest absolute Gasteiger partial charge is 0.462 e. The maximum Gasteiger partial charge on any atom is 0.340 e. The monoisotopic (exact) mass is 343 g/mol. The molecule has 0 saturated carbocycles. The normalized spacial score (nSPS) is 16.2. The molecule has 8 heteroatoms.